The van der Waals surface area contributed by atoms with E-state index in [4.69, 9.17) is 9.47 Å². The van der Waals surface area contributed by atoms with Gasteiger partial charge in [0.1, 0.15) is 18.5 Å². The molecule has 1 unspecified atom stereocenters. The molecular weight excluding hydrogens is 370 g/mol. The third kappa shape index (κ3) is 4.31. The fourth-order valence-electron chi connectivity index (χ4n) is 2.98. The van der Waals surface area contributed by atoms with E-state index in [-0.39, 0.29) is 11.2 Å². The predicted molar refractivity (Wildman–Crippen MR) is 112 cm³/mol. The molecule has 4 rings (SSSR count). The molecule has 0 bridgehead atoms. The number of rotatable bonds is 5. The van der Waals surface area contributed by atoms with Crippen LogP contribution in [0.1, 0.15) is 16.4 Å². The molecule has 3 aromatic rings. The Balaban J connectivity index is 1.58. The van der Waals surface area contributed by atoms with Crippen molar-refractivity contribution < 1.29 is 14.3 Å². The Morgan fingerprint density at radius 1 is 0.929 bits per heavy atom. The first kappa shape index (κ1) is 18.4. The molecule has 1 aliphatic rings. The van der Waals surface area contributed by atoms with Gasteiger partial charge in [-0.25, -0.2) is 0 Å². The Labute approximate surface area is 168 Å². The van der Waals surface area contributed by atoms with E-state index >= 15 is 0 Å². The van der Waals surface area contributed by atoms with E-state index in [2.05, 4.69) is 5.32 Å². The number of carbonyl (C=O) groups is 1. The van der Waals surface area contributed by atoms with Crippen molar-refractivity contribution in [3.63, 3.8) is 0 Å². The molecule has 0 aromatic heterocycles. The predicted octanol–water partition coefficient (Wildman–Crippen LogP) is 5.24. The first-order valence-electron chi connectivity index (χ1n) is 9.18. The van der Waals surface area contributed by atoms with E-state index in [9.17, 15) is 4.79 Å². The van der Waals surface area contributed by atoms with Crippen molar-refractivity contribution >= 4 is 23.4 Å². The first-order chi connectivity index (χ1) is 13.7. The monoisotopic (exact) mass is 391 g/mol. The van der Waals surface area contributed by atoms with Gasteiger partial charge in [0, 0.05) is 10.6 Å². The number of aryl methyl sites for hydroxylation is 1. The molecule has 0 aliphatic carbocycles. The van der Waals surface area contributed by atoms with Crippen molar-refractivity contribution in [2.75, 3.05) is 18.5 Å². The van der Waals surface area contributed by atoms with Crippen LogP contribution in [-0.4, -0.2) is 19.1 Å². The van der Waals surface area contributed by atoms with Gasteiger partial charge in [0.2, 0.25) is 5.91 Å². The number of amides is 1. The zero-order valence-electron chi connectivity index (χ0n) is 15.6. The van der Waals surface area contributed by atoms with Crippen LogP contribution in [0.5, 0.6) is 11.5 Å². The Hall–Kier alpha value is -2.92. The molecule has 1 amide bonds. The minimum atomic E-state index is -0.384. The van der Waals surface area contributed by atoms with Crippen LogP contribution in [0.3, 0.4) is 0 Å². The SMILES string of the molecule is Cc1ccc(NC(=O)C(Sc2ccc3c(c2)OCCO3)c2ccccc2)cc1. The summed E-state index contributed by atoms with van der Waals surface area (Å²) in [5.41, 5.74) is 2.90. The lowest BCUT2D eigenvalue weighted by atomic mass is 10.1. The number of hydrogen-bond acceptors (Lipinski definition) is 4. The Morgan fingerprint density at radius 3 is 2.39 bits per heavy atom. The number of benzene rings is 3. The second kappa shape index (κ2) is 8.40. The average Bonchev–Trinajstić information content (AvgIpc) is 2.74. The van der Waals surface area contributed by atoms with Gasteiger partial charge >= 0.3 is 0 Å². The van der Waals surface area contributed by atoms with Crippen molar-refractivity contribution in [2.45, 2.75) is 17.1 Å². The topological polar surface area (TPSA) is 47.6 Å². The summed E-state index contributed by atoms with van der Waals surface area (Å²) < 4.78 is 11.3. The molecule has 0 radical (unpaired) electrons. The van der Waals surface area contributed by atoms with Crippen LogP contribution in [0.25, 0.3) is 0 Å². The van der Waals surface area contributed by atoms with Crippen molar-refractivity contribution in [1.29, 1.82) is 0 Å². The van der Waals surface area contributed by atoms with Crippen molar-refractivity contribution in [1.82, 2.24) is 0 Å². The molecule has 0 saturated carbocycles. The highest BCUT2D eigenvalue weighted by Gasteiger charge is 2.23. The van der Waals surface area contributed by atoms with Gasteiger partial charge in [-0.05, 0) is 42.8 Å². The van der Waals surface area contributed by atoms with Gasteiger partial charge < -0.3 is 14.8 Å². The second-order valence-corrected chi connectivity index (χ2v) is 7.75. The Bertz CT molecular complexity index is 957. The molecule has 0 spiro atoms. The zero-order valence-corrected chi connectivity index (χ0v) is 16.4. The molecular formula is C23H21NO3S. The highest BCUT2D eigenvalue weighted by molar-refractivity contribution is 8.00. The van der Waals surface area contributed by atoms with Gasteiger partial charge in [-0.3, -0.25) is 4.79 Å². The molecule has 5 heteroatoms. The van der Waals surface area contributed by atoms with Crippen LogP contribution in [-0.2, 0) is 4.79 Å². The van der Waals surface area contributed by atoms with Crippen LogP contribution in [0, 0.1) is 6.92 Å². The summed E-state index contributed by atoms with van der Waals surface area (Å²) in [5, 5.41) is 2.65. The summed E-state index contributed by atoms with van der Waals surface area (Å²) in [4.78, 5) is 14.1. The lowest BCUT2D eigenvalue weighted by molar-refractivity contribution is -0.115. The number of anilines is 1. The standard InChI is InChI=1S/C23H21NO3S/c1-16-7-9-18(10-8-16)24-23(25)22(17-5-3-2-4-6-17)28-19-11-12-20-21(15-19)27-14-13-26-20/h2-12,15,22H,13-14H2,1H3,(H,24,25). The van der Waals surface area contributed by atoms with E-state index < -0.39 is 0 Å². The van der Waals surface area contributed by atoms with Crippen molar-refractivity contribution in [3.8, 4) is 11.5 Å². The average molecular weight is 391 g/mol. The molecule has 1 aliphatic heterocycles. The molecule has 0 saturated heterocycles. The third-order valence-electron chi connectivity index (χ3n) is 4.43. The third-order valence-corrected chi connectivity index (χ3v) is 5.68. The van der Waals surface area contributed by atoms with Crippen LogP contribution < -0.4 is 14.8 Å². The summed E-state index contributed by atoms with van der Waals surface area (Å²) in [6.45, 7) is 3.12. The van der Waals surface area contributed by atoms with Gasteiger partial charge in [-0.2, -0.15) is 0 Å². The maximum absolute atomic E-state index is 13.1. The van der Waals surface area contributed by atoms with E-state index in [1.807, 2.05) is 79.7 Å². The Morgan fingerprint density at radius 2 is 1.64 bits per heavy atom. The lowest BCUT2D eigenvalue weighted by Gasteiger charge is -2.21. The number of hydrogen-bond donors (Lipinski definition) is 1. The number of carbonyl (C=O) groups excluding carboxylic acids is 1. The van der Waals surface area contributed by atoms with Crippen LogP contribution in [0.15, 0.2) is 77.7 Å². The molecule has 1 N–H and O–H groups in total. The Kier molecular flexibility index (Phi) is 5.53. The summed E-state index contributed by atoms with van der Waals surface area (Å²) >= 11 is 1.50. The fourth-order valence-corrected chi connectivity index (χ4v) is 4.03. The quantitative estimate of drug-likeness (QED) is 0.605. The summed E-state index contributed by atoms with van der Waals surface area (Å²) in [7, 11) is 0. The number of ether oxygens (including phenoxy) is 2. The second-order valence-electron chi connectivity index (χ2n) is 6.57. The molecule has 3 aromatic carbocycles. The number of fused-ring (bicyclic) bond motifs is 1. The first-order valence-corrected chi connectivity index (χ1v) is 10.1. The van der Waals surface area contributed by atoms with Gasteiger partial charge in [-0.15, -0.1) is 11.8 Å². The van der Waals surface area contributed by atoms with Gasteiger partial charge in [0.05, 0.1) is 0 Å². The molecule has 1 heterocycles. The van der Waals surface area contributed by atoms with Crippen LogP contribution in [0.4, 0.5) is 5.69 Å². The maximum Gasteiger partial charge on any atom is 0.242 e. The van der Waals surface area contributed by atoms with Crippen LogP contribution >= 0.6 is 11.8 Å². The van der Waals surface area contributed by atoms with E-state index in [1.54, 1.807) is 0 Å². The smallest absolute Gasteiger partial charge is 0.242 e. The molecule has 142 valence electrons. The van der Waals surface area contributed by atoms with Crippen molar-refractivity contribution in [3.05, 3.63) is 83.9 Å². The summed E-state index contributed by atoms with van der Waals surface area (Å²) in [6, 6.07) is 23.4. The highest BCUT2D eigenvalue weighted by atomic mass is 32.2. The number of nitrogens with one attached hydrogen (secondary N) is 1. The fraction of sp³-hybridized carbons (Fsp3) is 0.174. The van der Waals surface area contributed by atoms with Crippen LogP contribution in [0.2, 0.25) is 0 Å². The molecule has 1 atom stereocenters. The van der Waals surface area contributed by atoms with Crippen molar-refractivity contribution in [2.24, 2.45) is 0 Å². The summed E-state index contributed by atoms with van der Waals surface area (Å²) in [5.74, 6) is 1.41. The van der Waals surface area contributed by atoms with Gasteiger partial charge in [0.25, 0.3) is 0 Å². The minimum absolute atomic E-state index is 0.0602. The highest BCUT2D eigenvalue weighted by Crippen LogP contribution is 2.40. The lowest BCUT2D eigenvalue weighted by Crippen LogP contribution is -2.19. The van der Waals surface area contributed by atoms with E-state index in [1.165, 1.54) is 11.8 Å². The molecule has 28 heavy (non-hydrogen) atoms. The van der Waals surface area contributed by atoms with Gasteiger partial charge in [0.15, 0.2) is 11.5 Å². The van der Waals surface area contributed by atoms with E-state index in [0.29, 0.717) is 13.2 Å². The minimum Gasteiger partial charge on any atom is -0.486 e. The molecule has 4 nitrogen and oxygen atoms in total. The largest absolute Gasteiger partial charge is 0.486 e. The normalized spacial score (nSPS) is 13.6. The zero-order chi connectivity index (χ0) is 19.3. The summed E-state index contributed by atoms with van der Waals surface area (Å²) in [6.07, 6.45) is 0. The van der Waals surface area contributed by atoms with Gasteiger partial charge in [-0.1, -0.05) is 48.0 Å². The number of thioether (sulfide) groups is 1. The van der Waals surface area contributed by atoms with E-state index in [0.717, 1.165) is 33.2 Å². The maximum atomic E-state index is 13.1. The molecule has 0 fully saturated rings.